The molecule has 2 rings (SSSR count). The van der Waals surface area contributed by atoms with Gasteiger partial charge in [-0.15, -0.1) is 0 Å². The van der Waals surface area contributed by atoms with Gasteiger partial charge in [-0.3, -0.25) is 0 Å². The van der Waals surface area contributed by atoms with E-state index in [9.17, 15) is 13.2 Å². The Morgan fingerprint density at radius 1 is 1.35 bits per heavy atom. The first-order valence-corrected chi connectivity index (χ1v) is 9.39. The molecule has 0 aromatic heterocycles. The lowest BCUT2D eigenvalue weighted by Gasteiger charge is -2.18. The van der Waals surface area contributed by atoms with Crippen molar-refractivity contribution >= 4 is 11.6 Å². The summed E-state index contributed by atoms with van der Waals surface area (Å²) in [4.78, 5) is 1.98. The van der Waals surface area contributed by atoms with Crippen LogP contribution in [0.5, 0.6) is 0 Å². The van der Waals surface area contributed by atoms with Gasteiger partial charge >= 0.3 is 0 Å². The summed E-state index contributed by atoms with van der Waals surface area (Å²) in [5.41, 5.74) is 1.61. The van der Waals surface area contributed by atoms with Gasteiger partial charge in [0.15, 0.2) is 6.67 Å². The molecule has 0 unspecified atom stereocenters. The summed E-state index contributed by atoms with van der Waals surface area (Å²) in [6.07, 6.45) is 1.97. The molecule has 0 saturated carbocycles. The fourth-order valence-corrected chi connectivity index (χ4v) is 2.61. The van der Waals surface area contributed by atoms with Crippen molar-refractivity contribution in [2.45, 2.75) is 52.9 Å². The number of alkyl halides is 3. The maximum absolute atomic E-state index is 12.5. The average molecular weight is 391 g/mol. The molecule has 1 atom stereocenters. The van der Waals surface area contributed by atoms with E-state index in [1.807, 2.05) is 24.0 Å². The minimum absolute atomic E-state index is 0.321. The third-order valence-electron chi connectivity index (χ3n) is 3.74. The second-order valence-corrected chi connectivity index (χ2v) is 7.14. The van der Waals surface area contributed by atoms with Crippen LogP contribution in [0.25, 0.3) is 0 Å². The highest BCUT2D eigenvalue weighted by Gasteiger charge is 2.30. The smallest absolute Gasteiger partial charge is 0.277 e. The van der Waals surface area contributed by atoms with Crippen LogP contribution in [0.2, 0.25) is 5.02 Å². The van der Waals surface area contributed by atoms with Crippen LogP contribution < -0.4 is 0 Å². The van der Waals surface area contributed by atoms with Crippen molar-refractivity contribution in [2.24, 2.45) is 5.92 Å². The predicted molar refractivity (Wildman–Crippen MR) is 103 cm³/mol. The van der Waals surface area contributed by atoms with Crippen molar-refractivity contribution in [1.82, 2.24) is 4.90 Å². The molecule has 2 nitrogen and oxygen atoms in total. The molecule has 0 aliphatic carbocycles. The van der Waals surface area contributed by atoms with E-state index in [1.54, 1.807) is 12.1 Å². The summed E-state index contributed by atoms with van der Waals surface area (Å²) >= 11 is 5.71. The number of hydrogen-bond acceptors (Lipinski definition) is 2. The highest BCUT2D eigenvalue weighted by molar-refractivity contribution is 6.31. The number of rotatable bonds is 4. The Kier molecular flexibility index (Phi) is 12.4. The van der Waals surface area contributed by atoms with E-state index < -0.39 is 12.6 Å². The van der Waals surface area contributed by atoms with Crippen LogP contribution in [0.1, 0.15) is 51.2 Å². The van der Waals surface area contributed by atoms with Gasteiger partial charge in [0.1, 0.15) is 6.07 Å². The van der Waals surface area contributed by atoms with Crippen molar-refractivity contribution < 1.29 is 13.2 Å². The number of hydrogen-bond donors (Lipinski definition) is 0. The van der Waals surface area contributed by atoms with Crippen molar-refractivity contribution in [2.75, 3.05) is 26.3 Å². The highest BCUT2D eigenvalue weighted by Crippen LogP contribution is 2.22. The molecule has 1 aromatic rings. The molecule has 148 valence electrons. The van der Waals surface area contributed by atoms with Gasteiger partial charge in [0.2, 0.25) is 0 Å². The Balaban J connectivity index is 0.000000428. The molecule has 1 saturated heterocycles. The van der Waals surface area contributed by atoms with Crippen molar-refractivity contribution in [3.63, 3.8) is 0 Å². The molecule has 1 heterocycles. The van der Waals surface area contributed by atoms with Gasteiger partial charge in [0.25, 0.3) is 5.92 Å². The standard InChI is InChI=1S/C9H16F3N.C8H6ClN.C3H8/c1-8-2-4-13(6-8)5-3-9(11,12)7-10;1-6-2-3-7(5-10)8(9)4-6;1-3-2/h8H,2-7H2,1H3;2-4H,1H3;3H2,1-2H3/t8-;;/m0../s1. The Hall–Kier alpha value is -1.25. The van der Waals surface area contributed by atoms with E-state index in [4.69, 9.17) is 16.9 Å². The molecule has 1 fully saturated rings. The summed E-state index contributed by atoms with van der Waals surface area (Å²) in [5.74, 6) is -2.52. The van der Waals surface area contributed by atoms with Gasteiger partial charge in [-0.1, -0.05) is 44.9 Å². The molecular formula is C20H30ClF3N2. The normalized spacial score (nSPS) is 16.8. The van der Waals surface area contributed by atoms with Crippen LogP contribution in [0.4, 0.5) is 13.2 Å². The molecule has 0 spiro atoms. The summed E-state index contributed by atoms with van der Waals surface area (Å²) in [6, 6.07) is 7.35. The second kappa shape index (κ2) is 13.0. The van der Waals surface area contributed by atoms with Crippen LogP contribution >= 0.6 is 11.6 Å². The Bertz CT molecular complexity index is 558. The first-order chi connectivity index (χ1) is 12.2. The van der Waals surface area contributed by atoms with Gasteiger partial charge in [-0.2, -0.15) is 5.26 Å². The molecule has 1 aliphatic rings. The van der Waals surface area contributed by atoms with Gasteiger partial charge in [0, 0.05) is 19.5 Å². The average Bonchev–Trinajstić information content (AvgIpc) is 3.00. The van der Waals surface area contributed by atoms with E-state index in [0.717, 1.165) is 25.1 Å². The summed E-state index contributed by atoms with van der Waals surface area (Å²) < 4.78 is 36.8. The molecule has 1 aliphatic heterocycles. The minimum atomic E-state index is -3.12. The molecular weight excluding hydrogens is 361 g/mol. The van der Waals surface area contributed by atoms with E-state index in [-0.39, 0.29) is 6.42 Å². The van der Waals surface area contributed by atoms with Gasteiger partial charge < -0.3 is 4.90 Å². The summed E-state index contributed by atoms with van der Waals surface area (Å²) in [5, 5.41) is 9.00. The Morgan fingerprint density at radius 2 is 1.96 bits per heavy atom. The highest BCUT2D eigenvalue weighted by atomic mass is 35.5. The van der Waals surface area contributed by atoms with Crippen molar-refractivity contribution in [1.29, 1.82) is 5.26 Å². The lowest BCUT2D eigenvalue weighted by Crippen LogP contribution is -2.29. The number of benzene rings is 1. The van der Waals surface area contributed by atoms with E-state index in [1.165, 1.54) is 6.42 Å². The SMILES string of the molecule is CCC.C[C@H]1CCN(CCC(F)(F)CF)C1.Cc1ccc(C#N)c(Cl)c1. The lowest BCUT2D eigenvalue weighted by molar-refractivity contribution is -0.0358. The maximum atomic E-state index is 12.5. The number of nitrogens with zero attached hydrogens (tertiary/aromatic N) is 2. The summed E-state index contributed by atoms with van der Waals surface area (Å²) in [7, 11) is 0. The first-order valence-electron chi connectivity index (χ1n) is 9.01. The fourth-order valence-electron chi connectivity index (χ4n) is 2.33. The number of nitriles is 1. The van der Waals surface area contributed by atoms with E-state index in [2.05, 4.69) is 20.8 Å². The van der Waals surface area contributed by atoms with Crippen molar-refractivity contribution in [3.8, 4) is 6.07 Å². The lowest BCUT2D eigenvalue weighted by atomic mass is 10.2. The molecule has 1 aromatic carbocycles. The van der Waals surface area contributed by atoms with Gasteiger partial charge in [-0.05, 0) is 43.5 Å². The quantitative estimate of drug-likeness (QED) is 0.606. The van der Waals surface area contributed by atoms with E-state index >= 15 is 0 Å². The van der Waals surface area contributed by atoms with Crippen LogP contribution in [0.3, 0.4) is 0 Å². The maximum Gasteiger partial charge on any atom is 0.277 e. The number of aryl methyl sites for hydroxylation is 1. The topological polar surface area (TPSA) is 27.0 Å². The molecule has 0 bridgehead atoms. The van der Waals surface area contributed by atoms with Crippen LogP contribution in [0, 0.1) is 24.2 Å². The van der Waals surface area contributed by atoms with Crippen LogP contribution in [-0.4, -0.2) is 37.1 Å². The van der Waals surface area contributed by atoms with Crippen LogP contribution in [0.15, 0.2) is 18.2 Å². The van der Waals surface area contributed by atoms with Gasteiger partial charge in [0.05, 0.1) is 10.6 Å². The molecule has 0 radical (unpaired) electrons. The molecule has 0 N–H and O–H groups in total. The minimum Gasteiger partial charge on any atom is -0.303 e. The first kappa shape index (κ1) is 24.8. The van der Waals surface area contributed by atoms with E-state index in [0.29, 0.717) is 23.0 Å². The zero-order valence-electron chi connectivity index (χ0n) is 16.2. The number of likely N-dealkylation sites (tertiary alicyclic amines) is 1. The monoisotopic (exact) mass is 390 g/mol. The molecule has 26 heavy (non-hydrogen) atoms. The third kappa shape index (κ3) is 10.7. The fraction of sp³-hybridized carbons (Fsp3) is 0.650. The Labute approximate surface area is 160 Å². The molecule has 6 heteroatoms. The largest absolute Gasteiger partial charge is 0.303 e. The summed E-state index contributed by atoms with van der Waals surface area (Å²) in [6.45, 7) is 8.84. The van der Waals surface area contributed by atoms with Crippen LogP contribution in [-0.2, 0) is 0 Å². The number of halogens is 4. The molecule has 0 amide bonds. The third-order valence-corrected chi connectivity index (χ3v) is 4.06. The second-order valence-electron chi connectivity index (χ2n) is 6.74. The predicted octanol–water partition coefficient (Wildman–Crippen LogP) is 6.26. The Morgan fingerprint density at radius 3 is 2.38 bits per heavy atom. The zero-order chi connectivity index (χ0) is 20.2. The van der Waals surface area contributed by atoms with Crippen molar-refractivity contribution in [3.05, 3.63) is 34.3 Å². The zero-order valence-corrected chi connectivity index (χ0v) is 16.9. The van der Waals surface area contributed by atoms with Gasteiger partial charge in [-0.25, -0.2) is 13.2 Å².